The highest BCUT2D eigenvalue weighted by atomic mass is 16.6. The maximum absolute atomic E-state index is 12.4. The molecule has 0 bridgehead atoms. The molecule has 0 aliphatic carbocycles. The monoisotopic (exact) mass is 491 g/mol. The number of hydrogen-bond donors (Lipinski definition) is 4. The van der Waals surface area contributed by atoms with Crippen molar-refractivity contribution in [2.24, 2.45) is 5.92 Å². The summed E-state index contributed by atoms with van der Waals surface area (Å²) in [6, 6.07) is 0. The normalized spacial score (nSPS) is 22.3. The van der Waals surface area contributed by atoms with E-state index in [0.717, 1.165) is 25.2 Å². The van der Waals surface area contributed by atoms with E-state index >= 15 is 0 Å². The fourth-order valence-corrected chi connectivity index (χ4v) is 4.51. The number of aliphatic hydroxyl groups is 3. The van der Waals surface area contributed by atoms with Gasteiger partial charge in [0.05, 0.1) is 12.9 Å². The minimum atomic E-state index is -1.25. The van der Waals surface area contributed by atoms with Crippen LogP contribution in [0.1, 0.15) is 90.7 Å². The van der Waals surface area contributed by atoms with Gasteiger partial charge < -0.3 is 25.4 Å². The molecule has 1 aliphatic heterocycles. The molecule has 4 N–H and O–H groups in total. The van der Waals surface area contributed by atoms with Crippen molar-refractivity contribution in [2.75, 3.05) is 11.9 Å². The number of imidazole rings is 1. The maximum atomic E-state index is 12.4. The van der Waals surface area contributed by atoms with Crippen LogP contribution in [0.3, 0.4) is 0 Å². The number of ether oxygens (including phenoxy) is 1. The summed E-state index contributed by atoms with van der Waals surface area (Å²) in [5.74, 6) is 0.974. The summed E-state index contributed by atoms with van der Waals surface area (Å²) in [5, 5.41) is 32.4. The zero-order valence-electron chi connectivity index (χ0n) is 21.0. The number of aliphatic hydroxyl groups excluding tert-OH is 3. The van der Waals surface area contributed by atoms with Crippen LogP contribution >= 0.6 is 0 Å². The zero-order chi connectivity index (χ0) is 25.2. The minimum Gasteiger partial charge on any atom is -0.394 e. The molecule has 2 aromatic rings. The van der Waals surface area contributed by atoms with Crippen LogP contribution in [-0.2, 0) is 9.53 Å². The lowest BCUT2D eigenvalue weighted by atomic mass is 10.0. The average molecular weight is 492 g/mol. The smallest absolute Gasteiger partial charge is 0.225 e. The SMILES string of the molecule is CC(C)CCCCCCCCCCCC(=O)Nc1ncnc2c1ncn2[C@@H]1O[C@H](CO)[C@@H](O)[C@H]1O. The number of nitrogens with zero attached hydrogens (tertiary/aromatic N) is 4. The van der Waals surface area contributed by atoms with Gasteiger partial charge in [0.15, 0.2) is 23.2 Å². The zero-order valence-corrected chi connectivity index (χ0v) is 21.0. The van der Waals surface area contributed by atoms with Crippen molar-refractivity contribution in [3.63, 3.8) is 0 Å². The van der Waals surface area contributed by atoms with E-state index in [1.165, 1.54) is 62.2 Å². The Morgan fingerprint density at radius 3 is 2.29 bits per heavy atom. The van der Waals surface area contributed by atoms with Gasteiger partial charge in [-0.3, -0.25) is 9.36 Å². The number of nitrogens with one attached hydrogen (secondary N) is 1. The number of unbranched alkanes of at least 4 members (excludes halogenated alkanes) is 8. The van der Waals surface area contributed by atoms with Gasteiger partial charge in [-0.1, -0.05) is 71.6 Å². The minimum absolute atomic E-state index is 0.127. The third kappa shape index (κ3) is 7.67. The van der Waals surface area contributed by atoms with Gasteiger partial charge in [-0.25, -0.2) is 15.0 Å². The summed E-state index contributed by atoms with van der Waals surface area (Å²) in [6.07, 6.45) is 10.9. The molecule has 196 valence electrons. The number of carbonyl (C=O) groups is 1. The van der Waals surface area contributed by atoms with Crippen LogP contribution in [0, 0.1) is 5.92 Å². The first-order valence-corrected chi connectivity index (χ1v) is 13.0. The molecule has 4 atom stereocenters. The summed E-state index contributed by atoms with van der Waals surface area (Å²) in [5.41, 5.74) is 0.723. The van der Waals surface area contributed by atoms with Crippen LogP contribution in [-0.4, -0.2) is 65.7 Å². The summed E-state index contributed by atoms with van der Waals surface area (Å²) in [7, 11) is 0. The van der Waals surface area contributed by atoms with Crippen molar-refractivity contribution >= 4 is 22.9 Å². The molecule has 2 aromatic heterocycles. The van der Waals surface area contributed by atoms with Gasteiger partial charge >= 0.3 is 0 Å². The summed E-state index contributed by atoms with van der Waals surface area (Å²) in [4.78, 5) is 25.1. The molecule has 3 rings (SSSR count). The molecule has 10 heteroatoms. The molecule has 1 fully saturated rings. The lowest BCUT2D eigenvalue weighted by molar-refractivity contribution is -0.116. The number of amides is 1. The molecule has 35 heavy (non-hydrogen) atoms. The first-order valence-electron chi connectivity index (χ1n) is 13.0. The van der Waals surface area contributed by atoms with E-state index in [0.29, 0.717) is 23.4 Å². The lowest BCUT2D eigenvalue weighted by Gasteiger charge is -2.16. The van der Waals surface area contributed by atoms with Crippen LogP contribution in [0.2, 0.25) is 0 Å². The number of anilines is 1. The fourth-order valence-electron chi connectivity index (χ4n) is 4.51. The first kappa shape index (κ1) is 27.4. The summed E-state index contributed by atoms with van der Waals surface area (Å²) >= 11 is 0. The Morgan fingerprint density at radius 1 is 1.00 bits per heavy atom. The predicted octanol–water partition coefficient (Wildman–Crippen LogP) is 3.32. The Bertz CT molecular complexity index is 921. The standard InChI is InChI=1S/C25H41N5O5/c1-17(2)12-10-8-6-4-3-5-7-9-11-13-19(32)29-23-20-24(27-15-26-23)30(16-28-20)25-22(34)21(33)18(14-31)35-25/h15-18,21-22,25,31,33-34H,3-14H2,1-2H3,(H,26,27,29,32)/t18-,21-,22-,25-/m1/s1. The lowest BCUT2D eigenvalue weighted by Crippen LogP contribution is -2.33. The molecular weight excluding hydrogens is 450 g/mol. The third-order valence-electron chi connectivity index (χ3n) is 6.59. The van der Waals surface area contributed by atoms with E-state index in [4.69, 9.17) is 4.74 Å². The molecule has 1 aliphatic rings. The number of carbonyl (C=O) groups excluding carboxylic acids is 1. The Kier molecular flexibility index (Phi) is 10.8. The van der Waals surface area contributed by atoms with Crippen molar-refractivity contribution in [3.05, 3.63) is 12.7 Å². The van der Waals surface area contributed by atoms with Crippen LogP contribution in [0.25, 0.3) is 11.2 Å². The molecule has 0 unspecified atom stereocenters. The van der Waals surface area contributed by atoms with E-state index in [-0.39, 0.29) is 5.91 Å². The van der Waals surface area contributed by atoms with E-state index < -0.39 is 31.1 Å². The average Bonchev–Trinajstić information content (AvgIpc) is 3.38. The highest BCUT2D eigenvalue weighted by molar-refractivity contribution is 5.96. The molecule has 1 saturated heterocycles. The third-order valence-corrected chi connectivity index (χ3v) is 6.59. The highest BCUT2D eigenvalue weighted by Gasteiger charge is 2.44. The molecule has 0 spiro atoms. The first-order chi connectivity index (χ1) is 16.9. The molecule has 10 nitrogen and oxygen atoms in total. The number of rotatable bonds is 15. The van der Waals surface area contributed by atoms with Gasteiger partial charge in [0.2, 0.25) is 5.91 Å². The van der Waals surface area contributed by atoms with E-state index in [2.05, 4.69) is 34.1 Å². The Morgan fingerprint density at radius 2 is 1.66 bits per heavy atom. The van der Waals surface area contributed by atoms with Crippen molar-refractivity contribution in [2.45, 2.75) is 109 Å². The van der Waals surface area contributed by atoms with Crippen molar-refractivity contribution in [1.82, 2.24) is 19.5 Å². The number of aromatic nitrogens is 4. The molecule has 1 amide bonds. The summed E-state index contributed by atoms with van der Waals surface area (Å²) < 4.78 is 7.03. The van der Waals surface area contributed by atoms with Gasteiger partial charge in [0, 0.05) is 6.42 Å². The Labute approximate surface area is 207 Å². The van der Waals surface area contributed by atoms with E-state index in [1.54, 1.807) is 0 Å². The van der Waals surface area contributed by atoms with Gasteiger partial charge in [-0.2, -0.15) is 0 Å². The second-order valence-electron chi connectivity index (χ2n) is 9.94. The largest absolute Gasteiger partial charge is 0.394 e. The molecule has 3 heterocycles. The van der Waals surface area contributed by atoms with Crippen LogP contribution in [0.15, 0.2) is 12.7 Å². The van der Waals surface area contributed by atoms with Gasteiger partial charge in [-0.15, -0.1) is 0 Å². The Balaban J connectivity index is 1.39. The van der Waals surface area contributed by atoms with Crippen molar-refractivity contribution in [1.29, 1.82) is 0 Å². The van der Waals surface area contributed by atoms with Crippen LogP contribution < -0.4 is 5.32 Å². The second kappa shape index (κ2) is 13.8. The Hall–Kier alpha value is -2.14. The van der Waals surface area contributed by atoms with Crippen LogP contribution in [0.4, 0.5) is 5.82 Å². The molecule has 0 radical (unpaired) electrons. The van der Waals surface area contributed by atoms with Gasteiger partial charge in [0.1, 0.15) is 24.6 Å². The van der Waals surface area contributed by atoms with E-state index in [1.807, 2.05) is 0 Å². The van der Waals surface area contributed by atoms with Crippen molar-refractivity contribution in [3.8, 4) is 0 Å². The van der Waals surface area contributed by atoms with Gasteiger partial charge in [0.25, 0.3) is 0 Å². The van der Waals surface area contributed by atoms with Crippen molar-refractivity contribution < 1.29 is 24.9 Å². The molecular formula is C25H41N5O5. The van der Waals surface area contributed by atoms with Gasteiger partial charge in [-0.05, 0) is 12.3 Å². The number of hydrogen-bond acceptors (Lipinski definition) is 8. The summed E-state index contributed by atoms with van der Waals surface area (Å²) in [6.45, 7) is 4.14. The van der Waals surface area contributed by atoms with Crippen LogP contribution in [0.5, 0.6) is 0 Å². The highest BCUT2D eigenvalue weighted by Crippen LogP contribution is 2.32. The number of fused-ring (bicyclic) bond motifs is 1. The second-order valence-corrected chi connectivity index (χ2v) is 9.94. The predicted molar refractivity (Wildman–Crippen MR) is 133 cm³/mol. The molecule has 0 saturated carbocycles. The maximum Gasteiger partial charge on any atom is 0.225 e. The fraction of sp³-hybridized carbons (Fsp3) is 0.760. The molecule has 0 aromatic carbocycles. The topological polar surface area (TPSA) is 143 Å². The quantitative estimate of drug-likeness (QED) is 0.278. The van der Waals surface area contributed by atoms with E-state index in [9.17, 15) is 20.1 Å².